The topological polar surface area (TPSA) is 56.3 Å². The van der Waals surface area contributed by atoms with E-state index in [1.807, 2.05) is 0 Å². The van der Waals surface area contributed by atoms with Crippen LogP contribution >= 0.6 is 0 Å². The van der Waals surface area contributed by atoms with Crippen molar-refractivity contribution in [1.82, 2.24) is 9.97 Å². The third-order valence-corrected chi connectivity index (χ3v) is 1.52. The lowest BCUT2D eigenvalue weighted by molar-refractivity contribution is -0.0914. The fraction of sp³-hybridized carbons (Fsp3) is 0.500. The fourth-order valence-electron chi connectivity index (χ4n) is 0.828. The number of ether oxygens (including phenoxy) is 2. The van der Waals surface area contributed by atoms with Crippen LogP contribution in [0.15, 0.2) is 18.5 Å². The van der Waals surface area contributed by atoms with Crippen molar-refractivity contribution in [2.75, 3.05) is 26.1 Å². The molecule has 72 valence electrons. The van der Waals surface area contributed by atoms with Crippen molar-refractivity contribution in [2.45, 2.75) is 6.29 Å². The van der Waals surface area contributed by atoms with E-state index in [-0.39, 0.29) is 6.29 Å². The molecule has 1 rings (SSSR count). The molecule has 0 aromatic carbocycles. The molecule has 0 fully saturated rings. The summed E-state index contributed by atoms with van der Waals surface area (Å²) < 4.78 is 9.96. The van der Waals surface area contributed by atoms with Crippen molar-refractivity contribution in [3.05, 3.63) is 18.5 Å². The van der Waals surface area contributed by atoms with Gasteiger partial charge in [-0.1, -0.05) is 0 Å². The van der Waals surface area contributed by atoms with Gasteiger partial charge in [-0.25, -0.2) is 9.97 Å². The highest BCUT2D eigenvalue weighted by atomic mass is 16.7. The lowest BCUT2D eigenvalue weighted by Crippen LogP contribution is -2.24. The summed E-state index contributed by atoms with van der Waals surface area (Å²) in [5.41, 5.74) is 0. The first-order valence-corrected chi connectivity index (χ1v) is 3.93. The highest BCUT2D eigenvalue weighted by Gasteiger charge is 2.04. The van der Waals surface area contributed by atoms with Gasteiger partial charge in [-0.3, -0.25) is 0 Å². The second-order valence-corrected chi connectivity index (χ2v) is 2.35. The van der Waals surface area contributed by atoms with Gasteiger partial charge in [0, 0.05) is 26.6 Å². The van der Waals surface area contributed by atoms with Crippen LogP contribution in [0.1, 0.15) is 0 Å². The zero-order valence-corrected chi connectivity index (χ0v) is 7.73. The average Bonchev–Trinajstić information content (AvgIpc) is 2.21. The summed E-state index contributed by atoms with van der Waals surface area (Å²) in [7, 11) is 3.17. The van der Waals surface area contributed by atoms with Gasteiger partial charge in [-0.05, 0) is 6.07 Å². The third-order valence-electron chi connectivity index (χ3n) is 1.52. The van der Waals surface area contributed by atoms with Gasteiger partial charge in [-0.15, -0.1) is 0 Å². The summed E-state index contributed by atoms with van der Waals surface area (Å²) in [6, 6.07) is 1.76. The Bertz CT molecular complexity index is 226. The van der Waals surface area contributed by atoms with E-state index in [2.05, 4.69) is 15.3 Å². The summed E-state index contributed by atoms with van der Waals surface area (Å²) in [6.45, 7) is 0.525. The maximum atomic E-state index is 4.98. The minimum atomic E-state index is -0.274. The number of methoxy groups -OCH3 is 2. The molecule has 0 radical (unpaired) electrons. The first kappa shape index (κ1) is 9.88. The third kappa shape index (κ3) is 3.35. The van der Waals surface area contributed by atoms with Crippen LogP contribution in [-0.2, 0) is 9.47 Å². The average molecular weight is 183 g/mol. The monoisotopic (exact) mass is 183 g/mol. The first-order valence-electron chi connectivity index (χ1n) is 3.93. The molecule has 5 heteroatoms. The van der Waals surface area contributed by atoms with E-state index >= 15 is 0 Å². The molecule has 0 aliphatic carbocycles. The Kier molecular flexibility index (Phi) is 4.14. The van der Waals surface area contributed by atoms with E-state index in [9.17, 15) is 0 Å². The molecule has 13 heavy (non-hydrogen) atoms. The van der Waals surface area contributed by atoms with Crippen molar-refractivity contribution < 1.29 is 9.47 Å². The van der Waals surface area contributed by atoms with Gasteiger partial charge in [0.2, 0.25) is 5.95 Å². The van der Waals surface area contributed by atoms with Gasteiger partial charge in [0.25, 0.3) is 0 Å². The molecule has 1 N–H and O–H groups in total. The minimum Gasteiger partial charge on any atom is -0.354 e. The van der Waals surface area contributed by atoms with Crippen LogP contribution in [-0.4, -0.2) is 37.0 Å². The molecule has 0 amide bonds. The molecular formula is C8H13N3O2. The summed E-state index contributed by atoms with van der Waals surface area (Å²) in [4.78, 5) is 7.97. The lowest BCUT2D eigenvalue weighted by Gasteiger charge is -2.13. The van der Waals surface area contributed by atoms with Crippen molar-refractivity contribution in [1.29, 1.82) is 0 Å². The number of hydrogen-bond acceptors (Lipinski definition) is 5. The Morgan fingerprint density at radius 1 is 1.31 bits per heavy atom. The van der Waals surface area contributed by atoms with E-state index in [0.29, 0.717) is 12.5 Å². The molecule has 5 nitrogen and oxygen atoms in total. The molecule has 0 unspecified atom stereocenters. The number of hydrogen-bond donors (Lipinski definition) is 1. The standard InChI is InChI=1S/C8H13N3O2/c1-12-7(13-2)6-11-8-9-4-3-5-10-8/h3-5,7H,6H2,1-2H3,(H,9,10,11). The van der Waals surface area contributed by atoms with Crippen LogP contribution in [0, 0.1) is 0 Å². The summed E-state index contributed by atoms with van der Waals surface area (Å²) in [5, 5.41) is 2.97. The molecule has 0 aliphatic heterocycles. The quantitative estimate of drug-likeness (QED) is 0.674. The largest absolute Gasteiger partial charge is 0.354 e. The molecule has 1 heterocycles. The van der Waals surface area contributed by atoms with Crippen molar-refractivity contribution >= 4 is 5.95 Å². The Labute approximate surface area is 77.1 Å². The Morgan fingerprint density at radius 3 is 2.46 bits per heavy atom. The number of rotatable bonds is 5. The molecule has 0 bridgehead atoms. The second kappa shape index (κ2) is 5.45. The molecule has 0 aliphatic rings. The fourth-order valence-corrected chi connectivity index (χ4v) is 0.828. The first-order chi connectivity index (χ1) is 6.36. The lowest BCUT2D eigenvalue weighted by atomic mass is 10.6. The molecule has 0 saturated heterocycles. The van der Waals surface area contributed by atoms with Crippen LogP contribution in [0.5, 0.6) is 0 Å². The van der Waals surface area contributed by atoms with E-state index in [1.165, 1.54) is 0 Å². The predicted octanol–water partition coefficient (Wildman–Crippen LogP) is 0.507. The number of aromatic nitrogens is 2. The molecular weight excluding hydrogens is 170 g/mol. The Balaban J connectivity index is 2.34. The van der Waals surface area contributed by atoms with Crippen molar-refractivity contribution in [3.8, 4) is 0 Å². The van der Waals surface area contributed by atoms with E-state index < -0.39 is 0 Å². The number of anilines is 1. The summed E-state index contributed by atoms with van der Waals surface area (Å²) in [6.07, 6.45) is 3.07. The highest BCUT2D eigenvalue weighted by Crippen LogP contribution is 1.96. The predicted molar refractivity (Wildman–Crippen MR) is 48.3 cm³/mol. The Hall–Kier alpha value is -1.20. The zero-order chi connectivity index (χ0) is 9.52. The second-order valence-electron chi connectivity index (χ2n) is 2.35. The van der Waals surface area contributed by atoms with Gasteiger partial charge in [0.05, 0.1) is 6.54 Å². The molecule has 1 aromatic rings. The van der Waals surface area contributed by atoms with Crippen LogP contribution in [0.4, 0.5) is 5.95 Å². The highest BCUT2D eigenvalue weighted by molar-refractivity contribution is 5.21. The van der Waals surface area contributed by atoms with E-state index in [4.69, 9.17) is 9.47 Å². The number of nitrogens with zero attached hydrogens (tertiary/aromatic N) is 2. The van der Waals surface area contributed by atoms with Crippen LogP contribution in [0.3, 0.4) is 0 Å². The summed E-state index contributed by atoms with van der Waals surface area (Å²) in [5.74, 6) is 0.571. The van der Waals surface area contributed by atoms with Gasteiger partial charge in [0.15, 0.2) is 6.29 Å². The molecule has 1 aromatic heterocycles. The number of nitrogens with one attached hydrogen (secondary N) is 1. The molecule has 0 atom stereocenters. The maximum absolute atomic E-state index is 4.98. The van der Waals surface area contributed by atoms with Gasteiger partial charge in [0.1, 0.15) is 0 Å². The zero-order valence-electron chi connectivity index (χ0n) is 7.73. The Morgan fingerprint density at radius 2 is 1.92 bits per heavy atom. The van der Waals surface area contributed by atoms with Crippen LogP contribution in [0.25, 0.3) is 0 Å². The molecule has 0 saturated carbocycles. The minimum absolute atomic E-state index is 0.274. The van der Waals surface area contributed by atoms with Crippen molar-refractivity contribution in [2.24, 2.45) is 0 Å². The normalized spacial score (nSPS) is 10.4. The van der Waals surface area contributed by atoms with Crippen molar-refractivity contribution in [3.63, 3.8) is 0 Å². The van der Waals surface area contributed by atoms with Crippen LogP contribution in [0.2, 0.25) is 0 Å². The van der Waals surface area contributed by atoms with E-state index in [1.54, 1.807) is 32.7 Å². The van der Waals surface area contributed by atoms with Gasteiger partial charge in [-0.2, -0.15) is 0 Å². The summed E-state index contributed by atoms with van der Waals surface area (Å²) >= 11 is 0. The maximum Gasteiger partial charge on any atom is 0.222 e. The van der Waals surface area contributed by atoms with Crippen LogP contribution < -0.4 is 5.32 Å². The van der Waals surface area contributed by atoms with E-state index in [0.717, 1.165) is 0 Å². The van der Waals surface area contributed by atoms with Gasteiger partial charge < -0.3 is 14.8 Å². The van der Waals surface area contributed by atoms with Gasteiger partial charge >= 0.3 is 0 Å². The smallest absolute Gasteiger partial charge is 0.222 e. The molecule has 0 spiro atoms. The SMILES string of the molecule is COC(CNc1ncccn1)OC.